The number of anilines is 1. The topological polar surface area (TPSA) is 67.3 Å². The zero-order chi connectivity index (χ0) is 10.4. The van der Waals surface area contributed by atoms with E-state index in [1.54, 1.807) is 0 Å². The summed E-state index contributed by atoms with van der Waals surface area (Å²) in [5.41, 5.74) is 0. The van der Waals surface area contributed by atoms with Crippen LogP contribution < -0.4 is 5.32 Å². The fourth-order valence-electron chi connectivity index (χ4n) is 0.911. The van der Waals surface area contributed by atoms with E-state index in [2.05, 4.69) is 15.3 Å². The lowest BCUT2D eigenvalue weighted by atomic mass is 10.3. The van der Waals surface area contributed by atoms with E-state index in [4.69, 9.17) is 9.84 Å². The van der Waals surface area contributed by atoms with Gasteiger partial charge in [-0.25, -0.2) is 14.4 Å². The Labute approximate surface area is 81.0 Å². The van der Waals surface area contributed by atoms with Crippen molar-refractivity contribution in [2.75, 3.05) is 25.6 Å². The smallest absolute Gasteiger partial charge is 0.223 e. The van der Waals surface area contributed by atoms with Crippen molar-refractivity contribution in [1.82, 2.24) is 9.97 Å². The zero-order valence-corrected chi connectivity index (χ0v) is 7.77. The molecule has 0 aliphatic heterocycles. The lowest BCUT2D eigenvalue weighted by molar-refractivity contribution is 0.153. The average molecular weight is 201 g/mol. The van der Waals surface area contributed by atoms with Gasteiger partial charge in [-0.1, -0.05) is 0 Å². The van der Waals surface area contributed by atoms with E-state index in [9.17, 15) is 4.39 Å². The minimum Gasteiger partial charge on any atom is -0.394 e. The first kappa shape index (κ1) is 10.8. The lowest BCUT2D eigenvalue weighted by Gasteiger charge is -2.14. The third-order valence-corrected chi connectivity index (χ3v) is 1.54. The third-order valence-electron chi connectivity index (χ3n) is 1.54. The SMILES string of the molecule is COCC(CO)Nc1ncc(F)cn1. The minimum absolute atomic E-state index is 0.103. The summed E-state index contributed by atoms with van der Waals surface area (Å²) in [4.78, 5) is 7.37. The highest BCUT2D eigenvalue weighted by atomic mass is 19.1. The Kier molecular flexibility index (Phi) is 4.21. The van der Waals surface area contributed by atoms with Gasteiger partial charge in [0.25, 0.3) is 0 Å². The van der Waals surface area contributed by atoms with Gasteiger partial charge in [-0.3, -0.25) is 0 Å². The molecule has 1 unspecified atom stereocenters. The molecule has 0 aliphatic rings. The van der Waals surface area contributed by atoms with Crippen molar-refractivity contribution in [2.45, 2.75) is 6.04 Å². The quantitative estimate of drug-likeness (QED) is 0.703. The zero-order valence-electron chi connectivity index (χ0n) is 7.77. The molecule has 0 spiro atoms. The van der Waals surface area contributed by atoms with Gasteiger partial charge in [0.1, 0.15) is 0 Å². The maximum atomic E-state index is 12.4. The highest BCUT2D eigenvalue weighted by Gasteiger charge is 2.07. The maximum absolute atomic E-state index is 12.4. The van der Waals surface area contributed by atoms with Gasteiger partial charge in [-0.05, 0) is 0 Å². The number of ether oxygens (including phenoxy) is 1. The standard InChI is InChI=1S/C8H12FN3O2/c1-14-5-7(4-13)12-8-10-2-6(9)3-11-8/h2-3,7,13H,4-5H2,1H3,(H,10,11,12). The fourth-order valence-corrected chi connectivity index (χ4v) is 0.911. The molecule has 1 rings (SSSR count). The van der Waals surface area contributed by atoms with Crippen molar-refractivity contribution in [3.8, 4) is 0 Å². The minimum atomic E-state index is -0.497. The predicted octanol–water partition coefficient (Wildman–Crippen LogP) is 0.0349. The first-order valence-electron chi connectivity index (χ1n) is 4.10. The van der Waals surface area contributed by atoms with Crippen LogP contribution in [-0.2, 0) is 4.74 Å². The highest BCUT2D eigenvalue weighted by molar-refractivity contribution is 5.24. The third kappa shape index (κ3) is 3.23. The summed E-state index contributed by atoms with van der Waals surface area (Å²) in [6.45, 7) is 0.228. The van der Waals surface area contributed by atoms with Gasteiger partial charge in [0.05, 0.1) is 31.6 Å². The Bertz CT molecular complexity index is 268. The van der Waals surface area contributed by atoms with E-state index in [0.717, 1.165) is 12.4 Å². The van der Waals surface area contributed by atoms with Crippen LogP contribution in [0.4, 0.5) is 10.3 Å². The first-order chi connectivity index (χ1) is 6.76. The average Bonchev–Trinajstić information content (AvgIpc) is 2.20. The molecule has 6 heteroatoms. The highest BCUT2D eigenvalue weighted by Crippen LogP contribution is 2.00. The van der Waals surface area contributed by atoms with E-state index >= 15 is 0 Å². The molecule has 1 aromatic rings. The molecule has 0 bridgehead atoms. The number of methoxy groups -OCH3 is 1. The van der Waals surface area contributed by atoms with Crippen LogP contribution in [0.2, 0.25) is 0 Å². The van der Waals surface area contributed by atoms with Crippen molar-refractivity contribution in [3.05, 3.63) is 18.2 Å². The number of aliphatic hydroxyl groups excluding tert-OH is 1. The summed E-state index contributed by atoms with van der Waals surface area (Å²) in [6, 6.07) is -0.287. The molecule has 0 fully saturated rings. The number of nitrogens with one attached hydrogen (secondary N) is 1. The second-order valence-corrected chi connectivity index (χ2v) is 2.70. The molecule has 0 saturated heterocycles. The van der Waals surface area contributed by atoms with Crippen LogP contribution in [0.15, 0.2) is 12.4 Å². The normalized spacial score (nSPS) is 12.5. The maximum Gasteiger partial charge on any atom is 0.223 e. The molecule has 1 atom stereocenters. The van der Waals surface area contributed by atoms with E-state index in [-0.39, 0.29) is 18.6 Å². The van der Waals surface area contributed by atoms with Crippen molar-refractivity contribution in [1.29, 1.82) is 0 Å². The Morgan fingerprint density at radius 1 is 1.57 bits per heavy atom. The van der Waals surface area contributed by atoms with Crippen LogP contribution in [0.5, 0.6) is 0 Å². The number of nitrogens with zero attached hydrogens (tertiary/aromatic N) is 2. The monoisotopic (exact) mass is 201 g/mol. The van der Waals surface area contributed by atoms with Crippen molar-refractivity contribution in [3.63, 3.8) is 0 Å². The largest absolute Gasteiger partial charge is 0.394 e. The Morgan fingerprint density at radius 2 is 2.21 bits per heavy atom. The van der Waals surface area contributed by atoms with Gasteiger partial charge in [-0.2, -0.15) is 0 Å². The van der Waals surface area contributed by atoms with Gasteiger partial charge >= 0.3 is 0 Å². The lowest BCUT2D eigenvalue weighted by Crippen LogP contribution is -2.29. The molecular formula is C8H12FN3O2. The van der Waals surface area contributed by atoms with Gasteiger partial charge in [0.15, 0.2) is 5.82 Å². The number of aromatic nitrogens is 2. The molecule has 14 heavy (non-hydrogen) atoms. The molecular weight excluding hydrogens is 189 g/mol. The van der Waals surface area contributed by atoms with Crippen LogP contribution >= 0.6 is 0 Å². The van der Waals surface area contributed by atoms with Crippen LogP contribution in [-0.4, -0.2) is 41.4 Å². The van der Waals surface area contributed by atoms with Crippen molar-refractivity contribution in [2.24, 2.45) is 0 Å². The first-order valence-corrected chi connectivity index (χ1v) is 4.10. The van der Waals surface area contributed by atoms with E-state index < -0.39 is 5.82 Å². The second kappa shape index (κ2) is 5.46. The number of hydrogen-bond donors (Lipinski definition) is 2. The molecule has 1 heterocycles. The Balaban J connectivity index is 2.53. The number of rotatable bonds is 5. The molecule has 0 radical (unpaired) electrons. The van der Waals surface area contributed by atoms with Crippen LogP contribution in [0.25, 0.3) is 0 Å². The molecule has 0 aliphatic carbocycles. The van der Waals surface area contributed by atoms with Gasteiger partial charge in [0.2, 0.25) is 5.95 Å². The van der Waals surface area contributed by atoms with Crippen molar-refractivity contribution >= 4 is 5.95 Å². The molecule has 0 amide bonds. The summed E-state index contributed by atoms with van der Waals surface area (Å²) in [5, 5.41) is 11.7. The molecule has 2 N–H and O–H groups in total. The summed E-state index contributed by atoms with van der Waals surface area (Å²) in [6.07, 6.45) is 2.10. The van der Waals surface area contributed by atoms with Crippen molar-refractivity contribution < 1.29 is 14.2 Å². The molecule has 1 aromatic heterocycles. The van der Waals surface area contributed by atoms with Gasteiger partial charge in [0, 0.05) is 7.11 Å². The Morgan fingerprint density at radius 3 is 2.71 bits per heavy atom. The van der Waals surface area contributed by atoms with Gasteiger partial charge in [-0.15, -0.1) is 0 Å². The predicted molar refractivity (Wildman–Crippen MR) is 48.4 cm³/mol. The van der Waals surface area contributed by atoms with Crippen LogP contribution in [0, 0.1) is 5.82 Å². The summed E-state index contributed by atoms with van der Waals surface area (Å²) in [5.74, 6) is -0.231. The molecule has 0 saturated carbocycles. The van der Waals surface area contributed by atoms with Crippen LogP contribution in [0.3, 0.4) is 0 Å². The van der Waals surface area contributed by atoms with E-state index in [1.165, 1.54) is 7.11 Å². The molecule has 78 valence electrons. The van der Waals surface area contributed by atoms with Gasteiger partial charge < -0.3 is 15.2 Å². The number of aliphatic hydroxyl groups is 1. The summed E-state index contributed by atoms with van der Waals surface area (Å²) >= 11 is 0. The van der Waals surface area contributed by atoms with E-state index in [0.29, 0.717) is 6.61 Å². The summed E-state index contributed by atoms with van der Waals surface area (Å²) in [7, 11) is 1.52. The fraction of sp³-hybridized carbons (Fsp3) is 0.500. The Hall–Kier alpha value is -1.27. The number of hydrogen-bond acceptors (Lipinski definition) is 5. The van der Waals surface area contributed by atoms with Crippen LogP contribution in [0.1, 0.15) is 0 Å². The van der Waals surface area contributed by atoms with E-state index in [1.807, 2.05) is 0 Å². The molecule has 0 aromatic carbocycles. The summed E-state index contributed by atoms with van der Waals surface area (Å²) < 4.78 is 17.3. The number of halogens is 1. The second-order valence-electron chi connectivity index (χ2n) is 2.70. The molecule has 5 nitrogen and oxygen atoms in total.